The summed E-state index contributed by atoms with van der Waals surface area (Å²) in [6.45, 7) is 4.78. The van der Waals surface area contributed by atoms with Gasteiger partial charge in [0.2, 0.25) is 10.0 Å². The van der Waals surface area contributed by atoms with Crippen molar-refractivity contribution >= 4 is 27.5 Å². The zero-order valence-electron chi connectivity index (χ0n) is 17.0. The number of piperidine rings is 1. The number of nitrogens with zero attached hydrogens (tertiary/aromatic N) is 2. The van der Waals surface area contributed by atoms with Gasteiger partial charge in [-0.25, -0.2) is 12.7 Å². The highest BCUT2D eigenvalue weighted by Gasteiger charge is 2.27. The molecular formula is C20H29ClN2O5S. The van der Waals surface area contributed by atoms with Crippen LogP contribution in [0.2, 0.25) is 5.02 Å². The molecule has 2 aliphatic heterocycles. The quantitative estimate of drug-likeness (QED) is 0.646. The van der Waals surface area contributed by atoms with Crippen LogP contribution in [0.5, 0.6) is 5.75 Å². The highest BCUT2D eigenvalue weighted by molar-refractivity contribution is 7.88. The molecule has 2 saturated heterocycles. The van der Waals surface area contributed by atoms with Gasteiger partial charge in [0.15, 0.2) is 0 Å². The molecule has 162 valence electrons. The van der Waals surface area contributed by atoms with Crippen molar-refractivity contribution in [3.05, 3.63) is 28.8 Å². The Labute approximate surface area is 178 Å². The Morgan fingerprint density at radius 3 is 2.59 bits per heavy atom. The number of ether oxygens (including phenoxy) is 2. The standard InChI is InChI=1S/C20H29ClN2O5S/c1-3-22(14-17-5-4-12-27-17)20(24)15-6-7-19(18(21)13-15)28-16-8-10-23(11-9-16)29(2,25)26/h6-7,13,16-17H,3-5,8-12,14H2,1-2H3/t17-/m1/s1. The van der Waals surface area contributed by atoms with E-state index in [1.54, 1.807) is 23.1 Å². The van der Waals surface area contributed by atoms with Gasteiger partial charge in [-0.3, -0.25) is 4.79 Å². The summed E-state index contributed by atoms with van der Waals surface area (Å²) in [7, 11) is -3.16. The Morgan fingerprint density at radius 1 is 1.31 bits per heavy atom. The van der Waals surface area contributed by atoms with E-state index in [4.69, 9.17) is 21.1 Å². The number of carbonyl (C=O) groups excluding carboxylic acids is 1. The van der Waals surface area contributed by atoms with E-state index >= 15 is 0 Å². The van der Waals surface area contributed by atoms with Gasteiger partial charge in [0, 0.05) is 38.3 Å². The third kappa shape index (κ3) is 5.84. The Morgan fingerprint density at radius 2 is 2.03 bits per heavy atom. The molecular weight excluding hydrogens is 416 g/mol. The van der Waals surface area contributed by atoms with Crippen LogP contribution in [0.3, 0.4) is 0 Å². The molecule has 1 amide bonds. The van der Waals surface area contributed by atoms with Crippen molar-refractivity contribution in [2.24, 2.45) is 0 Å². The molecule has 0 spiro atoms. The number of halogens is 1. The van der Waals surface area contributed by atoms with Gasteiger partial charge in [0.25, 0.3) is 5.91 Å². The van der Waals surface area contributed by atoms with Gasteiger partial charge < -0.3 is 14.4 Å². The first-order chi connectivity index (χ1) is 13.8. The molecule has 29 heavy (non-hydrogen) atoms. The SMILES string of the molecule is CCN(C[C@H]1CCCO1)C(=O)c1ccc(OC2CCN(S(C)(=O)=O)CC2)c(Cl)c1. The van der Waals surface area contributed by atoms with Crippen molar-refractivity contribution < 1.29 is 22.7 Å². The summed E-state index contributed by atoms with van der Waals surface area (Å²) in [4.78, 5) is 14.6. The predicted molar refractivity (Wildman–Crippen MR) is 112 cm³/mol. The lowest BCUT2D eigenvalue weighted by molar-refractivity contribution is 0.0539. The van der Waals surface area contributed by atoms with Crippen LogP contribution < -0.4 is 4.74 Å². The Kier molecular flexibility index (Phi) is 7.42. The zero-order chi connectivity index (χ0) is 21.0. The molecule has 0 saturated carbocycles. The average molecular weight is 445 g/mol. The minimum Gasteiger partial charge on any atom is -0.489 e. The average Bonchev–Trinajstić information content (AvgIpc) is 3.20. The van der Waals surface area contributed by atoms with E-state index in [2.05, 4.69) is 0 Å². The van der Waals surface area contributed by atoms with E-state index < -0.39 is 10.0 Å². The van der Waals surface area contributed by atoms with Gasteiger partial charge in [-0.15, -0.1) is 0 Å². The van der Waals surface area contributed by atoms with Crippen molar-refractivity contribution in [3.8, 4) is 5.75 Å². The van der Waals surface area contributed by atoms with Crippen LogP contribution in [0, 0.1) is 0 Å². The largest absolute Gasteiger partial charge is 0.489 e. The Bertz CT molecular complexity index is 818. The lowest BCUT2D eigenvalue weighted by Crippen LogP contribution is -2.41. The van der Waals surface area contributed by atoms with Crippen molar-refractivity contribution in [2.75, 3.05) is 39.0 Å². The molecule has 0 bridgehead atoms. The highest BCUT2D eigenvalue weighted by Crippen LogP contribution is 2.29. The van der Waals surface area contributed by atoms with Crippen molar-refractivity contribution in [1.29, 1.82) is 0 Å². The van der Waals surface area contributed by atoms with Gasteiger partial charge in [-0.1, -0.05) is 11.6 Å². The maximum Gasteiger partial charge on any atom is 0.253 e. The zero-order valence-corrected chi connectivity index (χ0v) is 18.5. The van der Waals surface area contributed by atoms with Crippen LogP contribution in [-0.4, -0.2) is 74.8 Å². The smallest absolute Gasteiger partial charge is 0.253 e. The second kappa shape index (κ2) is 9.64. The van der Waals surface area contributed by atoms with Crippen LogP contribution in [0.1, 0.15) is 43.0 Å². The number of hydrogen-bond acceptors (Lipinski definition) is 5. The second-order valence-electron chi connectivity index (χ2n) is 7.60. The lowest BCUT2D eigenvalue weighted by Gasteiger charge is -2.30. The number of carbonyl (C=O) groups is 1. The van der Waals surface area contributed by atoms with Crippen molar-refractivity contribution in [2.45, 2.75) is 44.8 Å². The fourth-order valence-corrected chi connectivity index (χ4v) is 4.86. The van der Waals surface area contributed by atoms with Crippen LogP contribution >= 0.6 is 11.6 Å². The molecule has 1 aromatic rings. The van der Waals surface area contributed by atoms with Gasteiger partial charge in [0.1, 0.15) is 11.9 Å². The lowest BCUT2D eigenvalue weighted by atomic mass is 10.1. The molecule has 0 aliphatic carbocycles. The summed E-state index contributed by atoms with van der Waals surface area (Å²) in [5.74, 6) is 0.445. The van der Waals surface area contributed by atoms with Crippen molar-refractivity contribution in [1.82, 2.24) is 9.21 Å². The second-order valence-corrected chi connectivity index (χ2v) is 9.99. The van der Waals surface area contributed by atoms with Gasteiger partial charge in [-0.05, 0) is 50.8 Å². The molecule has 2 fully saturated rings. The summed E-state index contributed by atoms with van der Waals surface area (Å²) in [5, 5.41) is 0.384. The topological polar surface area (TPSA) is 76.2 Å². The number of sulfonamides is 1. The maximum atomic E-state index is 12.9. The first-order valence-electron chi connectivity index (χ1n) is 10.1. The maximum absolute atomic E-state index is 12.9. The summed E-state index contributed by atoms with van der Waals surface area (Å²) >= 11 is 6.39. The Hall–Kier alpha value is -1.35. The first kappa shape index (κ1) is 22.3. The molecule has 2 aliphatic rings. The van der Waals surface area contributed by atoms with Crippen LogP contribution in [0.4, 0.5) is 0 Å². The molecule has 0 N–H and O–H groups in total. The number of rotatable bonds is 7. The number of hydrogen-bond donors (Lipinski definition) is 0. The summed E-state index contributed by atoms with van der Waals surface area (Å²) in [6, 6.07) is 5.09. The Balaban J connectivity index is 1.60. The van der Waals surface area contributed by atoms with Gasteiger partial charge >= 0.3 is 0 Å². The first-order valence-corrected chi connectivity index (χ1v) is 12.3. The fourth-order valence-electron chi connectivity index (χ4n) is 3.76. The van der Waals surface area contributed by atoms with E-state index in [1.807, 2.05) is 6.92 Å². The highest BCUT2D eigenvalue weighted by atomic mass is 35.5. The van der Waals surface area contributed by atoms with Crippen LogP contribution in [-0.2, 0) is 14.8 Å². The number of benzene rings is 1. The predicted octanol–water partition coefficient (Wildman–Crippen LogP) is 2.78. The molecule has 1 atom stereocenters. The molecule has 1 aromatic carbocycles. The van der Waals surface area contributed by atoms with Gasteiger partial charge in [-0.2, -0.15) is 0 Å². The molecule has 2 heterocycles. The van der Waals surface area contributed by atoms with E-state index in [-0.39, 0.29) is 18.1 Å². The summed E-state index contributed by atoms with van der Waals surface area (Å²) < 4.78 is 36.3. The molecule has 3 rings (SSSR count). The molecule has 9 heteroatoms. The van der Waals surface area contributed by atoms with Crippen molar-refractivity contribution in [3.63, 3.8) is 0 Å². The number of likely N-dealkylation sites (N-methyl/N-ethyl adjacent to an activating group) is 1. The molecule has 0 unspecified atom stereocenters. The third-order valence-electron chi connectivity index (χ3n) is 5.46. The van der Waals surface area contributed by atoms with E-state index in [1.165, 1.54) is 10.6 Å². The third-order valence-corrected chi connectivity index (χ3v) is 7.06. The molecule has 0 aromatic heterocycles. The molecule has 0 radical (unpaired) electrons. The molecule has 7 nitrogen and oxygen atoms in total. The normalized spacial score (nSPS) is 21.3. The summed E-state index contributed by atoms with van der Waals surface area (Å²) in [6.07, 6.45) is 4.46. The van der Waals surface area contributed by atoms with E-state index in [9.17, 15) is 13.2 Å². The van der Waals surface area contributed by atoms with Crippen LogP contribution in [0.15, 0.2) is 18.2 Å². The minimum absolute atomic E-state index is 0.0714. The monoisotopic (exact) mass is 444 g/mol. The minimum atomic E-state index is -3.16. The van der Waals surface area contributed by atoms with Gasteiger partial charge in [0.05, 0.1) is 17.4 Å². The van der Waals surface area contributed by atoms with E-state index in [0.29, 0.717) is 55.4 Å². The van der Waals surface area contributed by atoms with E-state index in [0.717, 1.165) is 19.4 Å². The fraction of sp³-hybridized carbons (Fsp3) is 0.650. The van der Waals surface area contributed by atoms with Crippen LogP contribution in [0.25, 0.3) is 0 Å². The number of amides is 1. The summed E-state index contributed by atoms with van der Waals surface area (Å²) in [5.41, 5.74) is 0.522.